The molecule has 1 aliphatic rings. The van der Waals surface area contributed by atoms with Crippen molar-refractivity contribution in [1.82, 2.24) is 19.7 Å². The van der Waals surface area contributed by atoms with Gasteiger partial charge >= 0.3 is 0 Å². The van der Waals surface area contributed by atoms with Crippen LogP contribution in [0.5, 0.6) is 0 Å². The van der Waals surface area contributed by atoms with E-state index in [0.29, 0.717) is 6.04 Å². The van der Waals surface area contributed by atoms with Gasteiger partial charge in [0, 0.05) is 29.7 Å². The maximum Gasteiger partial charge on any atom is 0.0952 e. The van der Waals surface area contributed by atoms with Crippen molar-refractivity contribution in [2.75, 3.05) is 5.32 Å². The Morgan fingerprint density at radius 1 is 1.29 bits per heavy atom. The lowest BCUT2D eigenvalue weighted by molar-refractivity contribution is 0.739. The van der Waals surface area contributed by atoms with Crippen LogP contribution in [0.2, 0.25) is 0 Å². The molecule has 5 nitrogen and oxygen atoms in total. The molecule has 3 aromatic rings. The molecule has 4 rings (SSSR count). The molecular formula is C16H17N5. The molecule has 0 radical (unpaired) electrons. The maximum absolute atomic E-state index is 4.45. The normalized spacial score (nSPS) is 14.3. The molecule has 0 bridgehead atoms. The Labute approximate surface area is 123 Å². The summed E-state index contributed by atoms with van der Waals surface area (Å²) >= 11 is 0. The first-order valence-corrected chi connectivity index (χ1v) is 7.24. The maximum atomic E-state index is 4.45. The number of hydrogen-bond acceptors (Lipinski definition) is 3. The Hall–Kier alpha value is -2.56. The molecule has 0 unspecified atom stereocenters. The van der Waals surface area contributed by atoms with Gasteiger partial charge in [0.15, 0.2) is 0 Å². The summed E-state index contributed by atoms with van der Waals surface area (Å²) in [6.07, 6.45) is 8.42. The van der Waals surface area contributed by atoms with Crippen LogP contribution in [0.4, 0.5) is 5.69 Å². The molecule has 2 heterocycles. The minimum absolute atomic E-state index is 0.690. The molecule has 1 aliphatic carbocycles. The average Bonchev–Trinajstić information content (AvgIpc) is 3.05. The van der Waals surface area contributed by atoms with Gasteiger partial charge in [0.2, 0.25) is 0 Å². The minimum atomic E-state index is 0.690. The van der Waals surface area contributed by atoms with E-state index in [9.17, 15) is 0 Å². The third-order valence-electron chi connectivity index (χ3n) is 3.77. The predicted octanol–water partition coefficient (Wildman–Crippen LogP) is 3.22. The van der Waals surface area contributed by atoms with Gasteiger partial charge in [-0.25, -0.2) is 4.98 Å². The number of H-pyrrole nitrogens is 1. The lowest BCUT2D eigenvalue weighted by Gasteiger charge is -2.06. The Kier molecular flexibility index (Phi) is 2.96. The van der Waals surface area contributed by atoms with Crippen molar-refractivity contribution in [1.29, 1.82) is 0 Å². The van der Waals surface area contributed by atoms with Crippen molar-refractivity contribution in [3.05, 3.63) is 54.7 Å². The summed E-state index contributed by atoms with van der Waals surface area (Å²) in [4.78, 5) is 4.45. The predicted molar refractivity (Wildman–Crippen MR) is 81.8 cm³/mol. The van der Waals surface area contributed by atoms with Crippen molar-refractivity contribution in [2.24, 2.45) is 0 Å². The molecule has 1 saturated carbocycles. The number of nitrogens with zero attached hydrogens (tertiary/aromatic N) is 3. The fraction of sp³-hybridized carbons (Fsp3) is 0.250. The van der Waals surface area contributed by atoms with Gasteiger partial charge in [0.1, 0.15) is 0 Å². The van der Waals surface area contributed by atoms with Crippen molar-refractivity contribution in [2.45, 2.75) is 25.4 Å². The van der Waals surface area contributed by atoms with Gasteiger partial charge in [-0.15, -0.1) is 0 Å². The van der Waals surface area contributed by atoms with E-state index in [2.05, 4.69) is 49.5 Å². The molecule has 0 saturated heterocycles. The van der Waals surface area contributed by atoms with Gasteiger partial charge in [-0.1, -0.05) is 12.1 Å². The summed E-state index contributed by atoms with van der Waals surface area (Å²) in [5.74, 6) is 0. The number of hydrogen-bond donors (Lipinski definition) is 2. The van der Waals surface area contributed by atoms with Gasteiger partial charge < -0.3 is 9.88 Å². The van der Waals surface area contributed by atoms with E-state index < -0.39 is 0 Å². The average molecular weight is 279 g/mol. The van der Waals surface area contributed by atoms with Crippen molar-refractivity contribution in [3.8, 4) is 11.3 Å². The van der Waals surface area contributed by atoms with Gasteiger partial charge in [-0.3, -0.25) is 5.10 Å². The molecule has 1 fully saturated rings. The summed E-state index contributed by atoms with van der Waals surface area (Å²) in [6, 6.07) is 11.0. The largest absolute Gasteiger partial charge is 0.379 e. The quantitative estimate of drug-likeness (QED) is 0.754. The molecule has 0 aliphatic heterocycles. The Bertz CT molecular complexity index is 725. The third-order valence-corrected chi connectivity index (χ3v) is 3.77. The lowest BCUT2D eigenvalue weighted by atomic mass is 10.1. The smallest absolute Gasteiger partial charge is 0.0952 e. The number of nitrogens with one attached hydrogen (secondary N) is 2. The molecule has 2 N–H and O–H groups in total. The molecule has 21 heavy (non-hydrogen) atoms. The van der Waals surface area contributed by atoms with Crippen LogP contribution in [0, 0.1) is 0 Å². The highest BCUT2D eigenvalue weighted by atomic mass is 15.1. The zero-order valence-electron chi connectivity index (χ0n) is 11.7. The number of aromatic nitrogens is 4. The third kappa shape index (κ3) is 2.67. The molecular weight excluding hydrogens is 262 g/mol. The summed E-state index contributed by atoms with van der Waals surface area (Å²) in [7, 11) is 0. The van der Waals surface area contributed by atoms with Crippen molar-refractivity contribution < 1.29 is 0 Å². The van der Waals surface area contributed by atoms with Crippen LogP contribution in [0.15, 0.2) is 49.1 Å². The van der Waals surface area contributed by atoms with Gasteiger partial charge in [-0.05, 0) is 31.0 Å². The van der Waals surface area contributed by atoms with Crippen LogP contribution in [0.1, 0.15) is 24.6 Å². The summed E-state index contributed by atoms with van der Waals surface area (Å²) in [5, 5.41) is 10.4. The first kappa shape index (κ1) is 12.2. The second-order valence-corrected chi connectivity index (χ2v) is 5.45. The van der Waals surface area contributed by atoms with E-state index in [-0.39, 0.29) is 0 Å². The van der Waals surface area contributed by atoms with Gasteiger partial charge in [0.25, 0.3) is 0 Å². The van der Waals surface area contributed by atoms with Crippen LogP contribution in [-0.2, 0) is 6.54 Å². The molecule has 1 aromatic carbocycles. The zero-order chi connectivity index (χ0) is 14.1. The van der Waals surface area contributed by atoms with Crippen molar-refractivity contribution >= 4 is 5.69 Å². The van der Waals surface area contributed by atoms with E-state index in [0.717, 1.165) is 29.2 Å². The van der Waals surface area contributed by atoms with Gasteiger partial charge in [0.05, 0.1) is 24.3 Å². The lowest BCUT2D eigenvalue weighted by Crippen LogP contribution is -1.99. The van der Waals surface area contributed by atoms with E-state index in [1.165, 1.54) is 12.8 Å². The van der Waals surface area contributed by atoms with Crippen LogP contribution < -0.4 is 5.32 Å². The van der Waals surface area contributed by atoms with Crippen molar-refractivity contribution in [3.63, 3.8) is 0 Å². The van der Waals surface area contributed by atoms with E-state index >= 15 is 0 Å². The van der Waals surface area contributed by atoms with Crippen LogP contribution in [0.25, 0.3) is 11.3 Å². The molecule has 0 amide bonds. The van der Waals surface area contributed by atoms with E-state index in [1.54, 1.807) is 6.20 Å². The minimum Gasteiger partial charge on any atom is -0.379 e. The fourth-order valence-electron chi connectivity index (χ4n) is 2.45. The highest BCUT2D eigenvalue weighted by Crippen LogP contribution is 2.34. The van der Waals surface area contributed by atoms with Crippen LogP contribution >= 0.6 is 0 Å². The Morgan fingerprint density at radius 3 is 3.05 bits per heavy atom. The second kappa shape index (κ2) is 5.09. The number of benzene rings is 1. The summed E-state index contributed by atoms with van der Waals surface area (Å²) in [6.45, 7) is 0.742. The Morgan fingerprint density at radius 2 is 2.24 bits per heavy atom. The first-order chi connectivity index (χ1) is 10.4. The fourth-order valence-corrected chi connectivity index (χ4v) is 2.45. The molecule has 0 atom stereocenters. The SMILES string of the molecule is c1cc(NCc2cn(C3CC3)cn2)cc(-c2ccn[nH]2)c1. The number of anilines is 1. The van der Waals surface area contributed by atoms with E-state index in [4.69, 9.17) is 0 Å². The van der Waals surface area contributed by atoms with Crippen LogP contribution in [-0.4, -0.2) is 19.7 Å². The highest BCUT2D eigenvalue weighted by molar-refractivity contribution is 5.64. The number of rotatable bonds is 5. The highest BCUT2D eigenvalue weighted by Gasteiger charge is 2.23. The molecule has 2 aromatic heterocycles. The standard InChI is InChI=1S/C16H17N5/c1-2-12(16-6-7-19-20-16)8-13(3-1)17-9-14-10-21(11-18-14)15-4-5-15/h1-3,6-8,10-11,15,17H,4-5,9H2,(H,19,20). The molecule has 106 valence electrons. The Balaban J connectivity index is 1.45. The van der Waals surface area contributed by atoms with E-state index in [1.807, 2.05) is 18.5 Å². The zero-order valence-corrected chi connectivity index (χ0v) is 11.7. The monoisotopic (exact) mass is 279 g/mol. The molecule has 5 heteroatoms. The summed E-state index contributed by atoms with van der Waals surface area (Å²) in [5.41, 5.74) is 4.31. The van der Waals surface area contributed by atoms with Gasteiger partial charge in [-0.2, -0.15) is 5.10 Å². The van der Waals surface area contributed by atoms with Crippen LogP contribution in [0.3, 0.4) is 0 Å². The number of imidazole rings is 1. The topological polar surface area (TPSA) is 58.5 Å². The summed E-state index contributed by atoms with van der Waals surface area (Å²) < 4.78 is 2.22. The second-order valence-electron chi connectivity index (χ2n) is 5.45. The number of aromatic amines is 1. The molecule has 0 spiro atoms. The first-order valence-electron chi connectivity index (χ1n) is 7.24.